The number of halogens is 2. The Labute approximate surface area is 200 Å². The van der Waals surface area contributed by atoms with Crippen molar-refractivity contribution in [2.45, 2.75) is 30.8 Å². The lowest BCUT2D eigenvalue weighted by molar-refractivity contribution is 0.0358. The van der Waals surface area contributed by atoms with Crippen LogP contribution in [0.1, 0.15) is 46.0 Å². The largest absolute Gasteiger partial charge is 0.486 e. The number of hydrogen-bond acceptors (Lipinski definition) is 8. The molecule has 1 amide bonds. The topological polar surface area (TPSA) is 130 Å². The van der Waals surface area contributed by atoms with Gasteiger partial charge in [-0.25, -0.2) is 13.2 Å². The molecule has 0 saturated carbocycles. The van der Waals surface area contributed by atoms with E-state index in [1.807, 2.05) is 0 Å². The van der Waals surface area contributed by atoms with Crippen molar-refractivity contribution in [1.29, 1.82) is 0 Å². The maximum absolute atomic E-state index is 13.1. The van der Waals surface area contributed by atoms with Crippen LogP contribution in [-0.2, 0) is 14.8 Å². The van der Waals surface area contributed by atoms with E-state index in [2.05, 4.69) is 0 Å². The number of benzene rings is 2. The summed E-state index contributed by atoms with van der Waals surface area (Å²) in [6.07, 6.45) is -0.972. The number of fused-ring (bicyclic) bond motifs is 1. The van der Waals surface area contributed by atoms with Crippen LogP contribution in [0.3, 0.4) is 0 Å². The molecule has 1 heterocycles. The molecule has 9 nitrogen and oxygen atoms in total. The van der Waals surface area contributed by atoms with Crippen molar-refractivity contribution in [3.05, 3.63) is 57.1 Å². The second-order valence-electron chi connectivity index (χ2n) is 7.46. The number of hydrogen-bond donors (Lipinski definition) is 2. The zero-order chi connectivity index (χ0) is 24.5. The van der Waals surface area contributed by atoms with Gasteiger partial charge in [0.2, 0.25) is 0 Å². The summed E-state index contributed by atoms with van der Waals surface area (Å²) < 4.78 is 37.2. The lowest BCUT2D eigenvalue weighted by atomic mass is 9.96. The minimum absolute atomic E-state index is 0.0117. The molecule has 3 rings (SSSR count). The molecule has 0 saturated heterocycles. The van der Waals surface area contributed by atoms with Gasteiger partial charge in [0.05, 0.1) is 34.4 Å². The monoisotopic (exact) mass is 517 g/mol. The Morgan fingerprint density at radius 1 is 1.12 bits per heavy atom. The quantitative estimate of drug-likeness (QED) is 0.511. The number of aliphatic hydroxyl groups excluding tert-OH is 2. The summed E-state index contributed by atoms with van der Waals surface area (Å²) in [5, 5.41) is 18.6. The zero-order valence-electron chi connectivity index (χ0n) is 17.6. The minimum atomic E-state index is -4.39. The van der Waals surface area contributed by atoms with Crippen LogP contribution < -0.4 is 4.74 Å². The van der Waals surface area contributed by atoms with E-state index in [1.165, 1.54) is 24.3 Å². The molecule has 0 aromatic heterocycles. The molecule has 2 aromatic rings. The number of rotatable bonds is 8. The Hall–Kier alpha value is -2.37. The first kappa shape index (κ1) is 25.3. The highest BCUT2D eigenvalue weighted by molar-refractivity contribution is 7.90. The van der Waals surface area contributed by atoms with Crippen molar-refractivity contribution in [2.24, 2.45) is 0 Å². The Balaban J connectivity index is 1.95. The van der Waals surface area contributed by atoms with E-state index < -0.39 is 47.9 Å². The molecule has 0 bridgehead atoms. The molecular weight excluding hydrogens is 497 g/mol. The average Bonchev–Trinajstić information content (AvgIpc) is 2.94. The highest BCUT2D eigenvalue weighted by Crippen LogP contribution is 2.39. The third-order valence-electron chi connectivity index (χ3n) is 4.93. The van der Waals surface area contributed by atoms with E-state index in [4.69, 9.17) is 32.7 Å². The third kappa shape index (κ3) is 4.80. The van der Waals surface area contributed by atoms with Crippen LogP contribution in [0.2, 0.25) is 10.0 Å². The van der Waals surface area contributed by atoms with Crippen molar-refractivity contribution in [2.75, 3.05) is 19.9 Å². The Morgan fingerprint density at radius 2 is 1.73 bits per heavy atom. The van der Waals surface area contributed by atoms with Crippen LogP contribution in [0.4, 0.5) is 0 Å². The molecule has 1 aliphatic rings. The van der Waals surface area contributed by atoms with Gasteiger partial charge in [-0.2, -0.15) is 4.31 Å². The molecule has 1 aliphatic heterocycles. The Morgan fingerprint density at radius 3 is 2.27 bits per heavy atom. The zero-order valence-corrected chi connectivity index (χ0v) is 19.9. The summed E-state index contributed by atoms with van der Waals surface area (Å²) in [4.78, 5) is 25.2. The molecule has 0 spiro atoms. The van der Waals surface area contributed by atoms with E-state index in [0.29, 0.717) is 9.87 Å². The van der Waals surface area contributed by atoms with Gasteiger partial charge in [-0.15, -0.1) is 0 Å². The number of ether oxygens (including phenoxy) is 2. The fraction of sp³-hybridized carbons (Fsp3) is 0.333. The van der Waals surface area contributed by atoms with Gasteiger partial charge < -0.3 is 19.7 Å². The third-order valence-corrected chi connectivity index (χ3v) is 7.29. The van der Waals surface area contributed by atoms with Crippen molar-refractivity contribution in [3.8, 4) is 5.75 Å². The molecule has 0 radical (unpaired) electrons. The molecule has 33 heavy (non-hydrogen) atoms. The maximum Gasteiger partial charge on any atom is 0.342 e. The number of nitrogens with zero attached hydrogens (tertiary/aromatic N) is 1. The van der Waals surface area contributed by atoms with Crippen LogP contribution in [-0.4, -0.2) is 60.9 Å². The fourth-order valence-electron chi connectivity index (χ4n) is 3.25. The van der Waals surface area contributed by atoms with Crippen molar-refractivity contribution < 1.29 is 37.7 Å². The predicted octanol–water partition coefficient (Wildman–Crippen LogP) is 2.81. The summed E-state index contributed by atoms with van der Waals surface area (Å²) in [5.74, 6) is -2.07. The molecule has 0 unspecified atom stereocenters. The molecule has 0 fully saturated rings. The van der Waals surface area contributed by atoms with E-state index >= 15 is 0 Å². The van der Waals surface area contributed by atoms with Gasteiger partial charge in [0.25, 0.3) is 15.9 Å². The highest BCUT2D eigenvalue weighted by Gasteiger charge is 2.44. The minimum Gasteiger partial charge on any atom is -0.486 e. The second-order valence-corrected chi connectivity index (χ2v) is 10.1. The number of sulfonamides is 1. The first-order valence-corrected chi connectivity index (χ1v) is 12.0. The molecule has 178 valence electrons. The molecule has 12 heteroatoms. The number of esters is 1. The standard InChI is InChI=1S/C21H21Cl2NO8S/c1-11(2)14-6-12(32-13(8-25)9-26)7-17-18(14)20(27)24(33(17,29)30)10-31-21(28)19-15(22)4-3-5-16(19)23/h3-7,11,13,25-26H,8-10H2,1-2H3. The maximum atomic E-state index is 13.1. The van der Waals surface area contributed by atoms with Crippen LogP contribution in [0.25, 0.3) is 0 Å². The summed E-state index contributed by atoms with van der Waals surface area (Å²) in [6, 6.07) is 6.98. The first-order chi connectivity index (χ1) is 15.5. The van der Waals surface area contributed by atoms with Crippen LogP contribution >= 0.6 is 23.2 Å². The molecule has 0 atom stereocenters. The summed E-state index contributed by atoms with van der Waals surface area (Å²) >= 11 is 12.0. The number of carbonyl (C=O) groups excluding carboxylic acids is 2. The molecule has 0 aliphatic carbocycles. The second kappa shape index (κ2) is 9.86. The van der Waals surface area contributed by atoms with Gasteiger partial charge in [0.15, 0.2) is 6.73 Å². The van der Waals surface area contributed by atoms with Crippen molar-refractivity contribution in [1.82, 2.24) is 4.31 Å². The van der Waals surface area contributed by atoms with Crippen LogP contribution in [0.15, 0.2) is 35.2 Å². The molecule has 2 aromatic carbocycles. The summed E-state index contributed by atoms with van der Waals surface area (Å²) in [5.41, 5.74) is 0.169. The summed E-state index contributed by atoms with van der Waals surface area (Å²) in [7, 11) is -4.39. The fourth-order valence-corrected chi connectivity index (χ4v) is 5.27. The summed E-state index contributed by atoms with van der Waals surface area (Å²) in [6.45, 7) is 1.64. The van der Waals surface area contributed by atoms with E-state index in [9.17, 15) is 28.2 Å². The van der Waals surface area contributed by atoms with E-state index in [0.717, 1.165) is 6.07 Å². The first-order valence-electron chi connectivity index (χ1n) is 9.77. The van der Waals surface area contributed by atoms with E-state index in [1.54, 1.807) is 13.8 Å². The molecule has 2 N–H and O–H groups in total. The van der Waals surface area contributed by atoms with Gasteiger partial charge in [-0.3, -0.25) is 4.79 Å². The van der Waals surface area contributed by atoms with Crippen molar-refractivity contribution >= 4 is 45.1 Å². The number of amides is 1. The lowest BCUT2D eigenvalue weighted by Gasteiger charge is -2.17. The SMILES string of the molecule is CC(C)c1cc(OC(CO)CO)cc2c1C(=O)N(COC(=O)c1c(Cl)cccc1Cl)S2(=O)=O. The predicted molar refractivity (Wildman–Crippen MR) is 119 cm³/mol. The normalized spacial score (nSPS) is 14.7. The Bertz CT molecular complexity index is 1170. The number of carbonyl (C=O) groups is 2. The van der Waals surface area contributed by atoms with Gasteiger partial charge in [-0.05, 0) is 29.7 Å². The van der Waals surface area contributed by atoms with Crippen LogP contribution in [0, 0.1) is 0 Å². The van der Waals surface area contributed by atoms with Gasteiger partial charge in [0, 0.05) is 6.07 Å². The van der Waals surface area contributed by atoms with Crippen molar-refractivity contribution in [3.63, 3.8) is 0 Å². The van der Waals surface area contributed by atoms with E-state index in [-0.39, 0.29) is 37.7 Å². The Kier molecular flexibility index (Phi) is 7.55. The van der Waals surface area contributed by atoms with Gasteiger partial charge in [-0.1, -0.05) is 43.1 Å². The lowest BCUT2D eigenvalue weighted by Crippen LogP contribution is -2.33. The van der Waals surface area contributed by atoms with Crippen LogP contribution in [0.5, 0.6) is 5.75 Å². The smallest absolute Gasteiger partial charge is 0.342 e. The number of aliphatic hydroxyl groups is 2. The molecular formula is C21H21Cl2NO8S. The average molecular weight is 518 g/mol. The highest BCUT2D eigenvalue weighted by atomic mass is 35.5. The van der Waals surface area contributed by atoms with Gasteiger partial charge in [0.1, 0.15) is 16.7 Å². The van der Waals surface area contributed by atoms with Gasteiger partial charge >= 0.3 is 5.97 Å².